The highest BCUT2D eigenvalue weighted by atomic mass is 32.1. The third-order valence-corrected chi connectivity index (χ3v) is 6.03. The fourth-order valence-corrected chi connectivity index (χ4v) is 4.49. The molecule has 7 nitrogen and oxygen atoms in total. The van der Waals surface area contributed by atoms with Crippen LogP contribution in [0.15, 0.2) is 59.4 Å². The number of ether oxygens (including phenoxy) is 2. The highest BCUT2D eigenvalue weighted by molar-refractivity contribution is 7.13. The SMILES string of the molecule is COc1ccc([C@@H]2C(C(C)=O)=C(C)Oc3ncn4nc(-c5cccs5)nc4c32)cc1. The summed E-state index contributed by atoms with van der Waals surface area (Å²) in [6.07, 6.45) is 1.59. The summed E-state index contributed by atoms with van der Waals surface area (Å²) >= 11 is 1.57. The summed E-state index contributed by atoms with van der Waals surface area (Å²) in [5.41, 5.74) is 2.87. The molecule has 0 saturated carbocycles. The van der Waals surface area contributed by atoms with Gasteiger partial charge in [-0.2, -0.15) is 0 Å². The quantitative estimate of drug-likeness (QED) is 0.493. The molecule has 150 valence electrons. The Kier molecular flexibility index (Phi) is 4.36. The van der Waals surface area contributed by atoms with Gasteiger partial charge in [-0.15, -0.1) is 16.4 Å². The number of benzene rings is 1. The molecule has 0 bridgehead atoms. The molecule has 0 N–H and O–H groups in total. The largest absolute Gasteiger partial charge is 0.497 e. The smallest absolute Gasteiger partial charge is 0.228 e. The lowest BCUT2D eigenvalue weighted by molar-refractivity contribution is -0.114. The second kappa shape index (κ2) is 7.07. The summed E-state index contributed by atoms with van der Waals surface area (Å²) < 4.78 is 12.9. The van der Waals surface area contributed by atoms with Crippen molar-refractivity contribution in [2.24, 2.45) is 0 Å². The van der Waals surface area contributed by atoms with Gasteiger partial charge in [0.1, 0.15) is 17.8 Å². The molecule has 1 aliphatic heterocycles. The summed E-state index contributed by atoms with van der Waals surface area (Å²) in [6.45, 7) is 3.35. The Morgan fingerprint density at radius 2 is 2.03 bits per heavy atom. The average molecular weight is 418 g/mol. The number of aromatic nitrogens is 4. The topological polar surface area (TPSA) is 78.6 Å². The van der Waals surface area contributed by atoms with Crippen LogP contribution in [0.25, 0.3) is 16.3 Å². The molecule has 8 heteroatoms. The van der Waals surface area contributed by atoms with Crippen molar-refractivity contribution in [1.29, 1.82) is 0 Å². The number of carbonyl (C=O) groups excluding carboxylic acids is 1. The van der Waals surface area contributed by atoms with E-state index in [1.165, 1.54) is 0 Å². The van der Waals surface area contributed by atoms with Gasteiger partial charge in [0.05, 0.1) is 17.6 Å². The van der Waals surface area contributed by atoms with Gasteiger partial charge in [-0.25, -0.2) is 14.5 Å². The van der Waals surface area contributed by atoms with Crippen molar-refractivity contribution < 1.29 is 14.3 Å². The Hall–Kier alpha value is -3.52. The van der Waals surface area contributed by atoms with Crippen molar-refractivity contribution >= 4 is 22.8 Å². The average Bonchev–Trinajstić information content (AvgIpc) is 3.42. The summed E-state index contributed by atoms with van der Waals surface area (Å²) in [6, 6.07) is 11.6. The van der Waals surface area contributed by atoms with Crippen LogP contribution < -0.4 is 9.47 Å². The van der Waals surface area contributed by atoms with Gasteiger partial charge in [0, 0.05) is 11.5 Å². The minimum atomic E-state index is -0.367. The molecule has 1 aromatic carbocycles. The van der Waals surface area contributed by atoms with Gasteiger partial charge in [0.25, 0.3) is 0 Å². The van der Waals surface area contributed by atoms with Crippen molar-refractivity contribution in [2.75, 3.05) is 7.11 Å². The zero-order chi connectivity index (χ0) is 20.8. The van der Waals surface area contributed by atoms with E-state index >= 15 is 0 Å². The molecule has 1 atom stereocenters. The second-order valence-corrected chi connectivity index (χ2v) is 7.93. The van der Waals surface area contributed by atoms with Gasteiger partial charge in [0.2, 0.25) is 5.88 Å². The van der Waals surface area contributed by atoms with E-state index in [1.807, 2.05) is 41.8 Å². The van der Waals surface area contributed by atoms with Crippen LogP contribution in [0.1, 0.15) is 30.9 Å². The number of Topliss-reactive ketones (excluding diaryl/α,β-unsaturated/α-hetero) is 1. The minimum Gasteiger partial charge on any atom is -0.497 e. The van der Waals surface area contributed by atoms with E-state index in [0.717, 1.165) is 21.8 Å². The lowest BCUT2D eigenvalue weighted by Crippen LogP contribution is -2.22. The second-order valence-electron chi connectivity index (χ2n) is 6.98. The number of methoxy groups -OCH3 is 1. The standard InChI is InChI=1S/C22H18N4O3S/c1-12(27)17-13(2)29-22-19(18(17)14-6-8-15(28-3)9-7-14)21-24-20(16-5-4-10-30-16)25-26(21)11-23-22/h4-11,18H,1-3H3/t18-/m1/s1. The first kappa shape index (κ1) is 18.5. The van der Waals surface area contributed by atoms with E-state index in [0.29, 0.717) is 28.7 Å². The van der Waals surface area contributed by atoms with Crippen molar-refractivity contribution in [3.05, 3.63) is 70.6 Å². The molecule has 0 spiro atoms. The molecule has 5 rings (SSSR count). The van der Waals surface area contributed by atoms with Gasteiger partial charge in [-0.3, -0.25) is 4.79 Å². The number of fused-ring (bicyclic) bond motifs is 3. The molecule has 0 unspecified atom stereocenters. The molecule has 0 saturated heterocycles. The molecule has 0 aliphatic carbocycles. The summed E-state index contributed by atoms with van der Waals surface area (Å²) in [7, 11) is 1.62. The first-order valence-electron chi connectivity index (χ1n) is 9.39. The first-order valence-corrected chi connectivity index (χ1v) is 10.3. The van der Waals surface area contributed by atoms with Crippen LogP contribution in [0.3, 0.4) is 0 Å². The van der Waals surface area contributed by atoms with Crippen LogP contribution in [0, 0.1) is 0 Å². The van der Waals surface area contributed by atoms with Gasteiger partial charge in [0.15, 0.2) is 17.3 Å². The number of rotatable bonds is 4. The Balaban J connectivity index is 1.77. The number of nitrogens with zero attached hydrogens (tertiary/aromatic N) is 4. The Bertz CT molecular complexity index is 1290. The van der Waals surface area contributed by atoms with Crippen LogP contribution in [-0.4, -0.2) is 32.5 Å². The fraction of sp³-hybridized carbons (Fsp3) is 0.182. The number of allylic oxidation sites excluding steroid dienone is 2. The molecule has 0 radical (unpaired) electrons. The van der Waals surface area contributed by atoms with E-state index < -0.39 is 0 Å². The molecule has 4 heterocycles. The number of thiophene rings is 1. The predicted octanol–water partition coefficient (Wildman–Crippen LogP) is 4.25. The van der Waals surface area contributed by atoms with Crippen molar-refractivity contribution in [3.8, 4) is 22.3 Å². The molecule has 0 fully saturated rings. The predicted molar refractivity (Wildman–Crippen MR) is 113 cm³/mol. The van der Waals surface area contributed by atoms with E-state index in [9.17, 15) is 4.79 Å². The van der Waals surface area contributed by atoms with Crippen molar-refractivity contribution in [1.82, 2.24) is 19.6 Å². The Labute approximate surface area is 176 Å². The summed E-state index contributed by atoms with van der Waals surface area (Å²) in [4.78, 5) is 22.8. The maximum atomic E-state index is 12.6. The zero-order valence-corrected chi connectivity index (χ0v) is 17.4. The maximum Gasteiger partial charge on any atom is 0.228 e. The molecule has 30 heavy (non-hydrogen) atoms. The van der Waals surface area contributed by atoms with Crippen LogP contribution in [-0.2, 0) is 4.79 Å². The van der Waals surface area contributed by atoms with Gasteiger partial charge < -0.3 is 9.47 Å². The molecular formula is C22H18N4O3S. The molecule has 0 amide bonds. The van der Waals surface area contributed by atoms with E-state index in [1.54, 1.807) is 43.1 Å². The van der Waals surface area contributed by atoms with Crippen LogP contribution >= 0.6 is 11.3 Å². The third kappa shape index (κ3) is 2.88. The minimum absolute atomic E-state index is 0.0565. The lowest BCUT2D eigenvalue weighted by Gasteiger charge is -2.28. The zero-order valence-electron chi connectivity index (χ0n) is 16.6. The number of ketones is 1. The highest BCUT2D eigenvalue weighted by Crippen LogP contribution is 2.44. The fourth-order valence-electron chi connectivity index (χ4n) is 3.83. The van der Waals surface area contributed by atoms with Crippen molar-refractivity contribution in [3.63, 3.8) is 0 Å². The Morgan fingerprint density at radius 1 is 1.23 bits per heavy atom. The number of hydrogen-bond acceptors (Lipinski definition) is 7. The highest BCUT2D eigenvalue weighted by Gasteiger charge is 2.36. The maximum absolute atomic E-state index is 12.6. The van der Waals surface area contributed by atoms with E-state index in [2.05, 4.69) is 10.1 Å². The van der Waals surface area contributed by atoms with Gasteiger partial charge in [-0.05, 0) is 43.0 Å². The summed E-state index contributed by atoms with van der Waals surface area (Å²) in [5.74, 6) is 1.92. The van der Waals surface area contributed by atoms with Crippen molar-refractivity contribution in [2.45, 2.75) is 19.8 Å². The lowest BCUT2D eigenvalue weighted by atomic mass is 9.82. The molecule has 3 aromatic heterocycles. The van der Waals surface area contributed by atoms with E-state index in [4.69, 9.17) is 14.5 Å². The summed E-state index contributed by atoms with van der Waals surface area (Å²) in [5, 5.41) is 6.57. The third-order valence-electron chi connectivity index (χ3n) is 5.16. The molecule has 4 aromatic rings. The van der Waals surface area contributed by atoms with Gasteiger partial charge in [-0.1, -0.05) is 18.2 Å². The van der Waals surface area contributed by atoms with Crippen LogP contribution in [0.5, 0.6) is 11.6 Å². The Morgan fingerprint density at radius 3 is 2.70 bits per heavy atom. The molecular weight excluding hydrogens is 400 g/mol. The monoisotopic (exact) mass is 418 g/mol. The normalized spacial score (nSPS) is 15.8. The number of hydrogen-bond donors (Lipinski definition) is 0. The van der Waals surface area contributed by atoms with Crippen LogP contribution in [0.2, 0.25) is 0 Å². The number of carbonyl (C=O) groups is 1. The first-order chi connectivity index (χ1) is 14.6. The molecule has 1 aliphatic rings. The van der Waals surface area contributed by atoms with E-state index in [-0.39, 0.29) is 11.7 Å². The van der Waals surface area contributed by atoms with Gasteiger partial charge >= 0.3 is 0 Å². The van der Waals surface area contributed by atoms with Crippen LogP contribution in [0.4, 0.5) is 0 Å².